The summed E-state index contributed by atoms with van der Waals surface area (Å²) in [4.78, 5) is 25.8. The highest BCUT2D eigenvalue weighted by atomic mass is 16.2. The van der Waals surface area contributed by atoms with Gasteiger partial charge >= 0.3 is 0 Å². The summed E-state index contributed by atoms with van der Waals surface area (Å²) < 4.78 is 0. The molecular formula is C15H21N3O2. The number of imide groups is 1. The minimum Gasteiger partial charge on any atom is -0.313 e. The zero-order valence-electron chi connectivity index (χ0n) is 12.1. The fraction of sp³-hybridized carbons (Fsp3) is 0.800. The maximum Gasteiger partial charge on any atom is 0.233 e. The van der Waals surface area contributed by atoms with Crippen LogP contribution in [0, 0.1) is 34.5 Å². The van der Waals surface area contributed by atoms with E-state index in [2.05, 4.69) is 6.07 Å². The van der Waals surface area contributed by atoms with Crippen LogP contribution in [0.3, 0.4) is 0 Å². The first kappa shape index (κ1) is 13.6. The number of nitrogens with two attached hydrogens (primary N) is 1. The lowest BCUT2D eigenvalue weighted by Crippen LogP contribution is -2.44. The number of likely N-dealkylation sites (tertiary alicyclic amines) is 1. The Labute approximate surface area is 119 Å². The van der Waals surface area contributed by atoms with Crippen LogP contribution in [0.25, 0.3) is 0 Å². The van der Waals surface area contributed by atoms with E-state index in [0.29, 0.717) is 19.4 Å². The fourth-order valence-corrected chi connectivity index (χ4v) is 4.16. The molecule has 2 amide bonds. The second kappa shape index (κ2) is 4.05. The summed E-state index contributed by atoms with van der Waals surface area (Å²) in [6.45, 7) is 4.38. The van der Waals surface area contributed by atoms with Gasteiger partial charge in [-0.15, -0.1) is 0 Å². The molecule has 5 nitrogen and oxygen atoms in total. The molecule has 0 bridgehead atoms. The third kappa shape index (κ3) is 1.64. The third-order valence-electron chi connectivity index (χ3n) is 5.67. The van der Waals surface area contributed by atoms with Crippen LogP contribution >= 0.6 is 0 Å². The Morgan fingerprint density at radius 2 is 1.95 bits per heavy atom. The van der Waals surface area contributed by atoms with Crippen molar-refractivity contribution < 1.29 is 9.59 Å². The molecule has 4 unspecified atom stereocenters. The van der Waals surface area contributed by atoms with Gasteiger partial charge in [0.1, 0.15) is 5.54 Å². The molecule has 2 saturated carbocycles. The molecule has 3 aliphatic rings. The normalized spacial score (nSPS) is 41.7. The second-order valence-corrected chi connectivity index (χ2v) is 7.13. The highest BCUT2D eigenvalue weighted by Gasteiger charge is 2.72. The molecule has 3 fully saturated rings. The lowest BCUT2D eigenvalue weighted by Gasteiger charge is -2.27. The minimum atomic E-state index is -0.770. The topological polar surface area (TPSA) is 87.2 Å². The molecule has 2 aliphatic carbocycles. The molecular weight excluding hydrogens is 254 g/mol. The molecule has 0 radical (unpaired) electrons. The van der Waals surface area contributed by atoms with E-state index < -0.39 is 5.54 Å². The van der Waals surface area contributed by atoms with Gasteiger partial charge in [-0.1, -0.05) is 20.3 Å². The molecule has 0 aromatic heterocycles. The van der Waals surface area contributed by atoms with E-state index in [9.17, 15) is 14.9 Å². The summed E-state index contributed by atoms with van der Waals surface area (Å²) in [5.41, 5.74) is 5.17. The van der Waals surface area contributed by atoms with Crippen LogP contribution in [-0.4, -0.2) is 28.8 Å². The predicted octanol–water partition coefficient (Wildman–Crippen LogP) is 1.04. The van der Waals surface area contributed by atoms with Crippen molar-refractivity contribution in [3.63, 3.8) is 0 Å². The van der Waals surface area contributed by atoms with Crippen molar-refractivity contribution in [3.05, 3.63) is 0 Å². The van der Waals surface area contributed by atoms with E-state index in [4.69, 9.17) is 5.73 Å². The summed E-state index contributed by atoms with van der Waals surface area (Å²) in [7, 11) is 0. The number of rotatable bonds is 3. The molecule has 1 aliphatic heterocycles. The van der Waals surface area contributed by atoms with Gasteiger partial charge in [0.2, 0.25) is 11.8 Å². The quantitative estimate of drug-likeness (QED) is 0.779. The molecule has 20 heavy (non-hydrogen) atoms. The smallest absolute Gasteiger partial charge is 0.233 e. The standard InChI is InChI=1S/C15H21N3O2/c1-14(2)10-11(14)13(20)18(12(10)19)7-5-9-4-3-6-15(9,17)8-16/h9-11H,3-7,17H2,1-2H3. The molecule has 3 rings (SSSR count). The maximum atomic E-state index is 12.2. The van der Waals surface area contributed by atoms with Gasteiger partial charge in [-0.2, -0.15) is 5.26 Å². The largest absolute Gasteiger partial charge is 0.313 e. The summed E-state index contributed by atoms with van der Waals surface area (Å²) in [6, 6.07) is 2.21. The number of carbonyl (C=O) groups excluding carboxylic acids is 2. The number of piperidine rings is 1. The maximum absolute atomic E-state index is 12.2. The van der Waals surface area contributed by atoms with Gasteiger partial charge in [-0.05, 0) is 30.6 Å². The van der Waals surface area contributed by atoms with Crippen molar-refractivity contribution in [2.75, 3.05) is 6.54 Å². The van der Waals surface area contributed by atoms with Crippen molar-refractivity contribution in [2.45, 2.75) is 45.1 Å². The molecule has 4 atom stereocenters. The molecule has 0 spiro atoms. The van der Waals surface area contributed by atoms with Crippen LogP contribution < -0.4 is 5.73 Å². The van der Waals surface area contributed by atoms with Crippen molar-refractivity contribution in [1.29, 1.82) is 5.26 Å². The van der Waals surface area contributed by atoms with Crippen molar-refractivity contribution >= 4 is 11.8 Å². The number of nitriles is 1. The SMILES string of the molecule is CC1(C)C2C(=O)N(CCC3CCCC3(N)C#N)C(=O)C21. The summed E-state index contributed by atoms with van der Waals surface area (Å²) in [5, 5.41) is 9.19. The molecule has 2 N–H and O–H groups in total. The van der Waals surface area contributed by atoms with Gasteiger partial charge in [0.25, 0.3) is 0 Å². The van der Waals surface area contributed by atoms with E-state index >= 15 is 0 Å². The Balaban J connectivity index is 1.63. The van der Waals surface area contributed by atoms with Crippen LogP contribution in [0.5, 0.6) is 0 Å². The number of fused-ring (bicyclic) bond motifs is 1. The highest BCUT2D eigenvalue weighted by molar-refractivity contribution is 6.10. The number of nitrogens with zero attached hydrogens (tertiary/aromatic N) is 2. The predicted molar refractivity (Wildman–Crippen MR) is 72.0 cm³/mol. The van der Waals surface area contributed by atoms with Crippen LogP contribution in [0.15, 0.2) is 0 Å². The van der Waals surface area contributed by atoms with E-state index in [1.165, 1.54) is 4.90 Å². The number of amides is 2. The lowest BCUT2D eigenvalue weighted by molar-refractivity contribution is -0.143. The zero-order valence-corrected chi connectivity index (χ0v) is 12.1. The average Bonchev–Trinajstić information content (AvgIpc) is 2.66. The highest BCUT2D eigenvalue weighted by Crippen LogP contribution is 2.63. The summed E-state index contributed by atoms with van der Waals surface area (Å²) >= 11 is 0. The van der Waals surface area contributed by atoms with Crippen LogP contribution in [-0.2, 0) is 9.59 Å². The zero-order chi connectivity index (χ0) is 14.7. The van der Waals surface area contributed by atoms with Crippen LogP contribution in [0.1, 0.15) is 39.5 Å². The minimum absolute atomic E-state index is 0.0254. The van der Waals surface area contributed by atoms with Crippen LogP contribution in [0.4, 0.5) is 0 Å². The van der Waals surface area contributed by atoms with Gasteiger partial charge in [0.15, 0.2) is 0 Å². The van der Waals surface area contributed by atoms with E-state index in [-0.39, 0.29) is 35.0 Å². The summed E-state index contributed by atoms with van der Waals surface area (Å²) in [5.74, 6) is -0.183. The van der Waals surface area contributed by atoms with Gasteiger partial charge in [0, 0.05) is 6.54 Å². The van der Waals surface area contributed by atoms with E-state index in [1.54, 1.807) is 0 Å². The van der Waals surface area contributed by atoms with Crippen LogP contribution in [0.2, 0.25) is 0 Å². The number of hydrogen-bond acceptors (Lipinski definition) is 4. The Morgan fingerprint density at radius 3 is 2.50 bits per heavy atom. The Bertz CT molecular complexity index is 498. The Hall–Kier alpha value is -1.41. The monoisotopic (exact) mass is 275 g/mol. The Kier molecular flexibility index (Phi) is 2.74. The van der Waals surface area contributed by atoms with E-state index in [0.717, 1.165) is 12.8 Å². The number of carbonyl (C=O) groups is 2. The molecule has 0 aromatic carbocycles. The van der Waals surface area contributed by atoms with E-state index in [1.807, 2.05) is 13.8 Å². The molecule has 1 heterocycles. The molecule has 108 valence electrons. The Morgan fingerprint density at radius 1 is 1.35 bits per heavy atom. The first-order chi connectivity index (χ1) is 9.33. The van der Waals surface area contributed by atoms with Crippen molar-refractivity contribution in [1.82, 2.24) is 4.90 Å². The van der Waals surface area contributed by atoms with Gasteiger partial charge in [-0.25, -0.2) is 0 Å². The number of hydrogen-bond donors (Lipinski definition) is 1. The van der Waals surface area contributed by atoms with Gasteiger partial charge in [-0.3, -0.25) is 14.5 Å². The molecule has 5 heteroatoms. The second-order valence-electron chi connectivity index (χ2n) is 7.13. The van der Waals surface area contributed by atoms with Crippen molar-refractivity contribution in [3.8, 4) is 6.07 Å². The van der Waals surface area contributed by atoms with Gasteiger partial charge in [0.05, 0.1) is 17.9 Å². The first-order valence-electron chi connectivity index (χ1n) is 7.38. The molecule has 0 aromatic rings. The third-order valence-corrected chi connectivity index (χ3v) is 5.67. The van der Waals surface area contributed by atoms with Crippen molar-refractivity contribution in [2.24, 2.45) is 28.9 Å². The first-order valence-corrected chi connectivity index (χ1v) is 7.38. The molecule has 1 saturated heterocycles. The van der Waals surface area contributed by atoms with Gasteiger partial charge < -0.3 is 5.73 Å². The average molecular weight is 275 g/mol. The lowest BCUT2D eigenvalue weighted by atomic mass is 9.87. The summed E-state index contributed by atoms with van der Waals surface area (Å²) in [6.07, 6.45) is 3.24. The fourth-order valence-electron chi connectivity index (χ4n) is 4.16.